The normalized spacial score (nSPS) is 14.6. The van der Waals surface area contributed by atoms with Gasteiger partial charge in [-0.05, 0) is 90.8 Å². The molecule has 3 amide bonds. The molecular formula is C29H49N3O5. The largest absolute Gasteiger partial charge is 0.508 e. The lowest BCUT2D eigenvalue weighted by molar-refractivity contribution is -0.146. The molecule has 0 heterocycles. The molecule has 0 fully saturated rings. The molecule has 3 unspecified atom stereocenters. The Kier molecular flexibility index (Phi) is 11.5. The highest BCUT2D eigenvalue weighted by Crippen LogP contribution is 2.30. The van der Waals surface area contributed by atoms with Crippen molar-refractivity contribution >= 4 is 17.9 Å². The Morgan fingerprint density at radius 3 is 2.03 bits per heavy atom. The van der Waals surface area contributed by atoms with Crippen LogP contribution in [0.1, 0.15) is 101 Å². The van der Waals surface area contributed by atoms with Crippen molar-refractivity contribution in [1.29, 1.82) is 0 Å². The topological polar surface area (TPSA) is 108 Å². The molecule has 1 aromatic rings. The van der Waals surface area contributed by atoms with Gasteiger partial charge in [0.2, 0.25) is 11.8 Å². The summed E-state index contributed by atoms with van der Waals surface area (Å²) in [6, 6.07) is 4.16. The smallest absolute Gasteiger partial charge is 0.408 e. The van der Waals surface area contributed by atoms with Crippen molar-refractivity contribution in [3.8, 4) is 5.75 Å². The summed E-state index contributed by atoms with van der Waals surface area (Å²) < 4.78 is 5.43. The van der Waals surface area contributed by atoms with Crippen LogP contribution in [0.4, 0.5) is 4.79 Å². The van der Waals surface area contributed by atoms with E-state index in [1.165, 1.54) is 12.1 Å². The Morgan fingerprint density at radius 2 is 1.57 bits per heavy atom. The second-order valence-corrected chi connectivity index (χ2v) is 12.7. The first-order chi connectivity index (χ1) is 16.8. The van der Waals surface area contributed by atoms with Gasteiger partial charge in [-0.3, -0.25) is 9.59 Å². The third-order valence-corrected chi connectivity index (χ3v) is 5.71. The molecule has 0 spiro atoms. The number of nitrogens with one attached hydrogen (secondary N) is 2. The number of alkyl carbamates (subject to hydrolysis) is 1. The van der Waals surface area contributed by atoms with Gasteiger partial charge >= 0.3 is 6.09 Å². The van der Waals surface area contributed by atoms with E-state index in [1.807, 2.05) is 41.5 Å². The Morgan fingerprint density at radius 1 is 0.973 bits per heavy atom. The first kappa shape index (κ1) is 32.3. The molecule has 3 N–H and O–H groups in total. The average Bonchev–Trinajstić information content (AvgIpc) is 2.70. The van der Waals surface area contributed by atoms with Crippen LogP contribution in [0.3, 0.4) is 0 Å². The number of phenols is 1. The number of hydrogen-bond acceptors (Lipinski definition) is 5. The Bertz CT molecular complexity index is 915. The highest BCUT2D eigenvalue weighted by molar-refractivity contribution is 5.92. The molecule has 8 nitrogen and oxygen atoms in total. The molecule has 0 saturated carbocycles. The molecule has 0 bridgehead atoms. The van der Waals surface area contributed by atoms with Crippen molar-refractivity contribution in [2.24, 2.45) is 11.8 Å². The van der Waals surface area contributed by atoms with Gasteiger partial charge < -0.3 is 25.4 Å². The molecule has 37 heavy (non-hydrogen) atoms. The molecule has 1 aromatic carbocycles. The van der Waals surface area contributed by atoms with Gasteiger partial charge in [-0.15, -0.1) is 0 Å². The van der Waals surface area contributed by atoms with Gasteiger partial charge in [-0.25, -0.2) is 4.79 Å². The summed E-state index contributed by atoms with van der Waals surface area (Å²) in [6.07, 6.45) is 0.825. The number of phenolic OH excluding ortho intramolecular Hbond substituents is 1. The molecule has 210 valence electrons. The number of ether oxygens (including phenoxy) is 1. The maximum Gasteiger partial charge on any atom is 0.408 e. The molecule has 3 atom stereocenters. The minimum Gasteiger partial charge on any atom is -0.508 e. The third-order valence-electron chi connectivity index (χ3n) is 5.71. The van der Waals surface area contributed by atoms with E-state index in [1.54, 1.807) is 37.8 Å². The van der Waals surface area contributed by atoms with Crippen LogP contribution in [-0.4, -0.2) is 51.1 Å². The van der Waals surface area contributed by atoms with Crippen molar-refractivity contribution in [2.45, 2.75) is 118 Å². The van der Waals surface area contributed by atoms with Crippen LogP contribution in [0.25, 0.3) is 0 Å². The standard InChI is InChI=1S/C29H49N3O5/c1-18(2)15-16-20(5)32(26(35)23(19(3)4)30-27(36)37-29(9,10)11)24(25(34)31-28(6,7)8)21-13-12-14-22(33)17-21/h12-14,17-20,23-24,33H,15-16H2,1-11H3,(H,30,36)(H,31,34). The van der Waals surface area contributed by atoms with Gasteiger partial charge in [-0.1, -0.05) is 39.8 Å². The Hall–Kier alpha value is -2.77. The highest BCUT2D eigenvalue weighted by Gasteiger charge is 2.40. The van der Waals surface area contributed by atoms with Crippen LogP contribution in [0.2, 0.25) is 0 Å². The Labute approximate surface area is 223 Å². The number of benzene rings is 1. The van der Waals surface area contributed by atoms with Crippen molar-refractivity contribution in [3.05, 3.63) is 29.8 Å². The van der Waals surface area contributed by atoms with E-state index >= 15 is 0 Å². The van der Waals surface area contributed by atoms with Crippen LogP contribution in [0.15, 0.2) is 24.3 Å². The summed E-state index contributed by atoms with van der Waals surface area (Å²) in [7, 11) is 0. The number of hydrogen-bond donors (Lipinski definition) is 3. The fourth-order valence-corrected chi connectivity index (χ4v) is 3.99. The summed E-state index contributed by atoms with van der Waals surface area (Å²) in [6.45, 7) is 20.7. The van der Waals surface area contributed by atoms with Crippen LogP contribution < -0.4 is 10.6 Å². The van der Waals surface area contributed by atoms with Gasteiger partial charge in [0.1, 0.15) is 23.4 Å². The molecule has 0 radical (unpaired) electrons. The van der Waals surface area contributed by atoms with Crippen LogP contribution >= 0.6 is 0 Å². The average molecular weight is 520 g/mol. The lowest BCUT2D eigenvalue weighted by atomic mass is 9.94. The second-order valence-electron chi connectivity index (χ2n) is 12.7. The number of carbonyl (C=O) groups is 3. The number of carbonyl (C=O) groups excluding carboxylic acids is 3. The highest BCUT2D eigenvalue weighted by atomic mass is 16.6. The van der Waals surface area contributed by atoms with Gasteiger partial charge in [0.05, 0.1) is 0 Å². The van der Waals surface area contributed by atoms with E-state index < -0.39 is 29.3 Å². The van der Waals surface area contributed by atoms with E-state index in [2.05, 4.69) is 24.5 Å². The van der Waals surface area contributed by atoms with Crippen LogP contribution in [-0.2, 0) is 14.3 Å². The maximum atomic E-state index is 14.3. The van der Waals surface area contributed by atoms with Gasteiger partial charge in [0.25, 0.3) is 0 Å². The first-order valence-electron chi connectivity index (χ1n) is 13.2. The van der Waals surface area contributed by atoms with Gasteiger partial charge in [-0.2, -0.15) is 0 Å². The summed E-state index contributed by atoms with van der Waals surface area (Å²) in [4.78, 5) is 42.3. The van der Waals surface area contributed by atoms with Crippen molar-refractivity contribution < 1.29 is 24.2 Å². The van der Waals surface area contributed by atoms with Gasteiger partial charge in [0, 0.05) is 11.6 Å². The van der Waals surface area contributed by atoms with Gasteiger partial charge in [0.15, 0.2) is 0 Å². The number of nitrogens with zero attached hydrogens (tertiary/aromatic N) is 1. The SMILES string of the molecule is CC(C)CCC(C)N(C(=O)C(NC(=O)OC(C)(C)C)C(C)C)C(C(=O)NC(C)(C)C)c1cccc(O)c1. The molecular weight excluding hydrogens is 470 g/mol. The zero-order valence-electron chi connectivity index (χ0n) is 24.6. The summed E-state index contributed by atoms with van der Waals surface area (Å²) >= 11 is 0. The fraction of sp³-hybridized carbons (Fsp3) is 0.690. The van der Waals surface area contributed by atoms with E-state index in [0.29, 0.717) is 17.9 Å². The van der Waals surface area contributed by atoms with E-state index in [0.717, 1.165) is 6.42 Å². The number of aromatic hydroxyl groups is 1. The molecule has 0 aliphatic rings. The van der Waals surface area contributed by atoms with E-state index in [4.69, 9.17) is 4.74 Å². The molecule has 0 saturated heterocycles. The second kappa shape index (κ2) is 13.2. The predicted molar refractivity (Wildman–Crippen MR) is 147 cm³/mol. The zero-order valence-corrected chi connectivity index (χ0v) is 24.6. The molecule has 0 aliphatic carbocycles. The summed E-state index contributed by atoms with van der Waals surface area (Å²) in [5.41, 5.74) is -0.782. The molecule has 0 aliphatic heterocycles. The van der Waals surface area contributed by atoms with Crippen molar-refractivity contribution in [2.75, 3.05) is 0 Å². The number of rotatable bonds is 10. The molecule has 1 rings (SSSR count). The van der Waals surface area contributed by atoms with Crippen molar-refractivity contribution in [1.82, 2.24) is 15.5 Å². The summed E-state index contributed by atoms with van der Waals surface area (Å²) in [5.74, 6) is -0.601. The van der Waals surface area contributed by atoms with Crippen LogP contribution in [0.5, 0.6) is 5.75 Å². The predicted octanol–water partition coefficient (Wildman–Crippen LogP) is 5.55. The summed E-state index contributed by atoms with van der Waals surface area (Å²) in [5, 5.41) is 16.0. The maximum absolute atomic E-state index is 14.3. The monoisotopic (exact) mass is 519 g/mol. The quantitative estimate of drug-likeness (QED) is 0.376. The lowest BCUT2D eigenvalue weighted by Gasteiger charge is -2.40. The number of amides is 3. The minimum absolute atomic E-state index is 0.000538. The third kappa shape index (κ3) is 11.0. The zero-order chi connectivity index (χ0) is 28.7. The Balaban J connectivity index is 3.63. The van der Waals surface area contributed by atoms with Crippen LogP contribution in [0, 0.1) is 11.8 Å². The lowest BCUT2D eigenvalue weighted by Crippen LogP contribution is -2.58. The molecule has 8 heteroatoms. The first-order valence-corrected chi connectivity index (χ1v) is 13.2. The van der Waals surface area contributed by atoms with Crippen molar-refractivity contribution in [3.63, 3.8) is 0 Å². The van der Waals surface area contributed by atoms with E-state index in [9.17, 15) is 19.5 Å². The molecule has 0 aromatic heterocycles. The fourth-order valence-electron chi connectivity index (χ4n) is 3.99. The minimum atomic E-state index is -1.01. The van der Waals surface area contributed by atoms with E-state index in [-0.39, 0.29) is 29.5 Å².